The SMILES string of the molecule is O=C(NCCN1CCCC1=O)c1ccc(-c2ccc3nc[nH]c3c2)cc1. The maximum absolute atomic E-state index is 12.3. The zero-order valence-electron chi connectivity index (χ0n) is 14.4. The van der Waals surface area contributed by atoms with E-state index in [9.17, 15) is 9.59 Å². The zero-order chi connectivity index (χ0) is 17.9. The summed E-state index contributed by atoms with van der Waals surface area (Å²) in [4.78, 5) is 32.9. The lowest BCUT2D eigenvalue weighted by atomic mass is 10.0. The van der Waals surface area contributed by atoms with E-state index in [1.165, 1.54) is 0 Å². The zero-order valence-corrected chi connectivity index (χ0v) is 14.4. The molecule has 3 aromatic rings. The van der Waals surface area contributed by atoms with Gasteiger partial charge in [0.15, 0.2) is 0 Å². The fourth-order valence-electron chi connectivity index (χ4n) is 3.28. The molecule has 132 valence electrons. The minimum atomic E-state index is -0.118. The monoisotopic (exact) mass is 348 g/mol. The molecule has 0 aliphatic carbocycles. The van der Waals surface area contributed by atoms with Crippen LogP contribution in [0.1, 0.15) is 23.2 Å². The van der Waals surface area contributed by atoms with E-state index in [2.05, 4.69) is 15.3 Å². The third-order valence-corrected chi connectivity index (χ3v) is 4.74. The Balaban J connectivity index is 1.38. The van der Waals surface area contributed by atoms with Crippen LogP contribution in [-0.2, 0) is 4.79 Å². The number of H-pyrrole nitrogens is 1. The molecule has 0 unspecified atom stereocenters. The predicted molar refractivity (Wildman–Crippen MR) is 99.7 cm³/mol. The van der Waals surface area contributed by atoms with Crippen LogP contribution in [0.3, 0.4) is 0 Å². The molecule has 2 N–H and O–H groups in total. The Morgan fingerprint density at radius 3 is 2.73 bits per heavy atom. The second-order valence-corrected chi connectivity index (χ2v) is 6.45. The lowest BCUT2D eigenvalue weighted by Gasteiger charge is -2.15. The number of hydrogen-bond acceptors (Lipinski definition) is 3. The third kappa shape index (κ3) is 3.31. The van der Waals surface area contributed by atoms with Crippen molar-refractivity contribution < 1.29 is 9.59 Å². The topological polar surface area (TPSA) is 78.1 Å². The van der Waals surface area contributed by atoms with E-state index >= 15 is 0 Å². The molecule has 4 rings (SSSR count). The smallest absolute Gasteiger partial charge is 0.251 e. The molecule has 1 saturated heterocycles. The van der Waals surface area contributed by atoms with Gasteiger partial charge in [-0.15, -0.1) is 0 Å². The highest BCUT2D eigenvalue weighted by Crippen LogP contribution is 2.23. The molecule has 6 heteroatoms. The number of hydrogen-bond donors (Lipinski definition) is 2. The lowest BCUT2D eigenvalue weighted by molar-refractivity contribution is -0.127. The largest absolute Gasteiger partial charge is 0.350 e. The summed E-state index contributed by atoms with van der Waals surface area (Å²) in [6.07, 6.45) is 3.22. The molecule has 1 aliphatic heterocycles. The summed E-state index contributed by atoms with van der Waals surface area (Å²) in [6, 6.07) is 13.6. The molecule has 1 fully saturated rings. The minimum Gasteiger partial charge on any atom is -0.350 e. The van der Waals surface area contributed by atoms with Gasteiger partial charge >= 0.3 is 0 Å². The molecule has 26 heavy (non-hydrogen) atoms. The van der Waals surface area contributed by atoms with E-state index in [0.29, 0.717) is 25.1 Å². The molecule has 6 nitrogen and oxygen atoms in total. The fraction of sp³-hybridized carbons (Fsp3) is 0.250. The number of fused-ring (bicyclic) bond motifs is 1. The van der Waals surface area contributed by atoms with Gasteiger partial charge in [-0.25, -0.2) is 4.98 Å². The number of imidazole rings is 1. The Labute approximate surface area is 151 Å². The Morgan fingerprint density at radius 1 is 1.15 bits per heavy atom. The molecule has 0 radical (unpaired) electrons. The average Bonchev–Trinajstić information content (AvgIpc) is 3.30. The minimum absolute atomic E-state index is 0.118. The van der Waals surface area contributed by atoms with Gasteiger partial charge in [0.25, 0.3) is 5.91 Å². The first kappa shape index (κ1) is 16.3. The summed E-state index contributed by atoms with van der Waals surface area (Å²) >= 11 is 0. The van der Waals surface area contributed by atoms with Gasteiger partial charge < -0.3 is 15.2 Å². The summed E-state index contributed by atoms with van der Waals surface area (Å²) in [5, 5.41) is 2.88. The van der Waals surface area contributed by atoms with Crippen LogP contribution in [0.5, 0.6) is 0 Å². The van der Waals surface area contributed by atoms with Gasteiger partial charge in [0.05, 0.1) is 17.4 Å². The summed E-state index contributed by atoms with van der Waals surface area (Å²) in [5.74, 6) is 0.0602. The second kappa shape index (κ2) is 7.00. The van der Waals surface area contributed by atoms with E-state index in [0.717, 1.165) is 35.1 Å². The van der Waals surface area contributed by atoms with Gasteiger partial charge in [0.2, 0.25) is 5.91 Å². The molecular weight excluding hydrogens is 328 g/mol. The van der Waals surface area contributed by atoms with Crippen molar-refractivity contribution in [2.75, 3.05) is 19.6 Å². The first-order chi connectivity index (χ1) is 12.7. The molecule has 1 aliphatic rings. The number of carbonyl (C=O) groups excluding carboxylic acids is 2. The summed E-state index contributed by atoms with van der Waals surface area (Å²) in [5.41, 5.74) is 4.65. The normalized spacial score (nSPS) is 14.2. The van der Waals surface area contributed by atoms with E-state index in [4.69, 9.17) is 0 Å². The number of likely N-dealkylation sites (tertiary alicyclic amines) is 1. The molecule has 0 spiro atoms. The van der Waals surface area contributed by atoms with Gasteiger partial charge in [-0.05, 0) is 41.8 Å². The number of carbonyl (C=O) groups is 2. The summed E-state index contributed by atoms with van der Waals surface area (Å²) in [7, 11) is 0. The van der Waals surface area contributed by atoms with Crippen LogP contribution in [0.25, 0.3) is 22.2 Å². The van der Waals surface area contributed by atoms with E-state index in [1.54, 1.807) is 11.2 Å². The molecule has 0 bridgehead atoms. The van der Waals surface area contributed by atoms with Gasteiger partial charge in [0.1, 0.15) is 0 Å². The van der Waals surface area contributed by atoms with E-state index < -0.39 is 0 Å². The number of nitrogens with zero attached hydrogens (tertiary/aromatic N) is 2. The molecule has 1 aromatic heterocycles. The van der Waals surface area contributed by atoms with Crippen LogP contribution >= 0.6 is 0 Å². The maximum Gasteiger partial charge on any atom is 0.251 e. The van der Waals surface area contributed by atoms with Crippen molar-refractivity contribution in [3.05, 3.63) is 54.4 Å². The van der Waals surface area contributed by atoms with Crippen LogP contribution in [0.4, 0.5) is 0 Å². The highest BCUT2D eigenvalue weighted by molar-refractivity contribution is 5.94. The predicted octanol–water partition coefficient (Wildman–Crippen LogP) is 2.58. The van der Waals surface area contributed by atoms with E-state index in [1.807, 2.05) is 42.5 Å². The van der Waals surface area contributed by atoms with Crippen molar-refractivity contribution in [2.24, 2.45) is 0 Å². The van der Waals surface area contributed by atoms with Crippen LogP contribution in [-0.4, -0.2) is 46.3 Å². The molecule has 2 amide bonds. The lowest BCUT2D eigenvalue weighted by Crippen LogP contribution is -2.35. The van der Waals surface area contributed by atoms with E-state index in [-0.39, 0.29) is 11.8 Å². The quantitative estimate of drug-likeness (QED) is 0.744. The Kier molecular flexibility index (Phi) is 4.39. The number of nitrogens with one attached hydrogen (secondary N) is 2. The average molecular weight is 348 g/mol. The van der Waals surface area contributed by atoms with Crippen LogP contribution in [0, 0.1) is 0 Å². The van der Waals surface area contributed by atoms with Gasteiger partial charge in [-0.1, -0.05) is 18.2 Å². The molecular formula is C20H20N4O2. The molecule has 2 aromatic carbocycles. The van der Waals surface area contributed by atoms with Crippen LogP contribution in [0.15, 0.2) is 48.8 Å². The Bertz CT molecular complexity index is 946. The van der Waals surface area contributed by atoms with Crippen LogP contribution < -0.4 is 5.32 Å². The number of aromatic amines is 1. The molecule has 0 atom stereocenters. The Hall–Kier alpha value is -3.15. The van der Waals surface area contributed by atoms with Gasteiger partial charge in [0, 0.05) is 31.6 Å². The maximum atomic E-state index is 12.3. The van der Waals surface area contributed by atoms with Crippen molar-refractivity contribution >= 4 is 22.8 Å². The first-order valence-electron chi connectivity index (χ1n) is 8.80. The molecule has 0 saturated carbocycles. The van der Waals surface area contributed by atoms with Crippen molar-refractivity contribution in [3.8, 4) is 11.1 Å². The number of rotatable bonds is 5. The van der Waals surface area contributed by atoms with Crippen LogP contribution in [0.2, 0.25) is 0 Å². The van der Waals surface area contributed by atoms with Gasteiger partial charge in [-0.2, -0.15) is 0 Å². The summed E-state index contributed by atoms with van der Waals surface area (Å²) in [6.45, 7) is 1.85. The first-order valence-corrected chi connectivity index (χ1v) is 8.80. The number of amides is 2. The molecule has 2 heterocycles. The van der Waals surface area contributed by atoms with Gasteiger partial charge in [-0.3, -0.25) is 9.59 Å². The highest BCUT2D eigenvalue weighted by atomic mass is 16.2. The van der Waals surface area contributed by atoms with Crippen molar-refractivity contribution in [1.29, 1.82) is 0 Å². The Morgan fingerprint density at radius 2 is 1.96 bits per heavy atom. The fourth-order valence-corrected chi connectivity index (χ4v) is 3.28. The third-order valence-electron chi connectivity index (χ3n) is 4.74. The number of aromatic nitrogens is 2. The number of benzene rings is 2. The standard InChI is InChI=1S/C20H20N4O2/c25-19-2-1-10-24(19)11-9-21-20(26)15-5-3-14(4-6-15)16-7-8-17-18(12-16)23-13-22-17/h3-8,12-13H,1-2,9-11H2,(H,21,26)(H,22,23). The highest BCUT2D eigenvalue weighted by Gasteiger charge is 2.19. The second-order valence-electron chi connectivity index (χ2n) is 6.45. The van der Waals surface area contributed by atoms with Crippen molar-refractivity contribution in [2.45, 2.75) is 12.8 Å². The van der Waals surface area contributed by atoms with Crippen molar-refractivity contribution in [1.82, 2.24) is 20.2 Å². The summed E-state index contributed by atoms with van der Waals surface area (Å²) < 4.78 is 0. The van der Waals surface area contributed by atoms with Crippen molar-refractivity contribution in [3.63, 3.8) is 0 Å².